The summed E-state index contributed by atoms with van der Waals surface area (Å²) in [4.78, 5) is 66.2. The standard InChI is InChI=1S/C28H20Br2Cl2N2O7/c29-19-11-17-18(12-20(19)30)27(38)34(26(17)37)33(25(36)15-5-8-21(31)22(32)10-15)13-23(35)14-3-6-16(7-4-14)41-28(39)24-2-1-9-40-24/h1-10,17-20H,11-13H2/t17-,18-,19+,20+/m1/s1. The van der Waals surface area contributed by atoms with E-state index in [9.17, 15) is 24.0 Å². The predicted octanol–water partition coefficient (Wildman–Crippen LogP) is 5.97. The zero-order chi connectivity index (χ0) is 29.4. The van der Waals surface area contributed by atoms with Gasteiger partial charge >= 0.3 is 5.97 Å². The molecule has 2 fully saturated rings. The molecule has 1 aliphatic carbocycles. The monoisotopic (exact) mass is 724 g/mol. The molecule has 1 saturated carbocycles. The molecule has 2 aliphatic rings. The van der Waals surface area contributed by atoms with Crippen molar-refractivity contribution in [3.05, 3.63) is 87.8 Å². The first-order chi connectivity index (χ1) is 19.5. The van der Waals surface area contributed by atoms with E-state index in [1.54, 1.807) is 6.07 Å². The molecule has 1 aliphatic heterocycles. The summed E-state index contributed by atoms with van der Waals surface area (Å²) in [5.41, 5.74) is 0.201. The highest BCUT2D eigenvalue weighted by Crippen LogP contribution is 2.43. The number of benzene rings is 2. The average Bonchev–Trinajstić information content (AvgIpc) is 3.57. The third-order valence-electron chi connectivity index (χ3n) is 6.93. The number of furan rings is 1. The van der Waals surface area contributed by atoms with E-state index in [1.165, 1.54) is 54.8 Å². The molecule has 5 rings (SSSR count). The number of rotatable bonds is 7. The molecule has 0 bridgehead atoms. The Morgan fingerprint density at radius 2 is 1.51 bits per heavy atom. The van der Waals surface area contributed by atoms with Crippen molar-refractivity contribution < 1.29 is 33.1 Å². The summed E-state index contributed by atoms with van der Waals surface area (Å²) in [6.07, 6.45) is 2.12. The maximum absolute atomic E-state index is 13.7. The van der Waals surface area contributed by atoms with Crippen LogP contribution in [0.3, 0.4) is 0 Å². The molecule has 2 aromatic carbocycles. The lowest BCUT2D eigenvalue weighted by Gasteiger charge is -2.30. The minimum absolute atomic E-state index is 0.0135. The van der Waals surface area contributed by atoms with Gasteiger partial charge in [-0.1, -0.05) is 55.1 Å². The van der Waals surface area contributed by atoms with Crippen molar-refractivity contribution in [2.24, 2.45) is 11.8 Å². The Morgan fingerprint density at radius 3 is 2.07 bits per heavy atom. The third-order valence-corrected chi connectivity index (χ3v) is 10.4. The number of carbonyl (C=O) groups is 5. The van der Waals surface area contributed by atoms with Gasteiger partial charge in [-0.25, -0.2) is 9.80 Å². The molecule has 1 saturated heterocycles. The second kappa shape index (κ2) is 12.1. The number of hydrogen-bond acceptors (Lipinski definition) is 7. The molecule has 9 nitrogen and oxygen atoms in total. The number of carbonyl (C=O) groups excluding carboxylic acids is 5. The first kappa shape index (κ1) is 29.5. The Kier molecular flexibility index (Phi) is 8.70. The van der Waals surface area contributed by atoms with Crippen molar-refractivity contribution in [1.82, 2.24) is 10.0 Å². The van der Waals surface area contributed by atoms with Crippen LogP contribution in [0.25, 0.3) is 0 Å². The van der Waals surface area contributed by atoms with Crippen LogP contribution in [-0.2, 0) is 9.59 Å². The Balaban J connectivity index is 1.41. The lowest BCUT2D eigenvalue weighted by molar-refractivity contribution is -0.154. The topological polar surface area (TPSA) is 114 Å². The molecule has 0 unspecified atom stereocenters. The van der Waals surface area contributed by atoms with E-state index in [4.69, 9.17) is 32.4 Å². The number of hydrogen-bond donors (Lipinski definition) is 0. The van der Waals surface area contributed by atoms with E-state index >= 15 is 0 Å². The van der Waals surface area contributed by atoms with Crippen LogP contribution in [0, 0.1) is 11.8 Å². The first-order valence-corrected chi connectivity index (χ1v) is 15.0. The van der Waals surface area contributed by atoms with Crippen molar-refractivity contribution in [1.29, 1.82) is 0 Å². The molecule has 13 heteroatoms. The number of imide groups is 1. The van der Waals surface area contributed by atoms with E-state index < -0.39 is 47.9 Å². The number of amides is 3. The van der Waals surface area contributed by atoms with Gasteiger partial charge in [-0.2, -0.15) is 5.01 Å². The summed E-state index contributed by atoms with van der Waals surface area (Å²) in [6, 6.07) is 12.8. The van der Waals surface area contributed by atoms with Crippen molar-refractivity contribution in [2.75, 3.05) is 6.54 Å². The lowest BCUT2D eigenvalue weighted by atomic mass is 9.81. The molecule has 4 atom stereocenters. The number of halogens is 4. The average molecular weight is 727 g/mol. The Labute approximate surface area is 260 Å². The van der Waals surface area contributed by atoms with Gasteiger partial charge in [0.05, 0.1) is 28.1 Å². The molecule has 2 heterocycles. The second-order valence-electron chi connectivity index (χ2n) is 9.51. The lowest BCUT2D eigenvalue weighted by Crippen LogP contribution is -2.52. The van der Waals surface area contributed by atoms with Crippen molar-refractivity contribution in [2.45, 2.75) is 22.5 Å². The number of alkyl halides is 2. The van der Waals surface area contributed by atoms with Crippen molar-refractivity contribution >= 4 is 84.5 Å². The summed E-state index contributed by atoms with van der Waals surface area (Å²) in [5.74, 6) is -4.24. The maximum Gasteiger partial charge on any atom is 0.379 e. The van der Waals surface area contributed by atoms with Crippen LogP contribution in [0.5, 0.6) is 5.75 Å². The SMILES string of the molecule is O=C(CN(C(=O)c1ccc(Cl)c(Cl)c1)N1C(=O)[C@@H]2C[C@H](Br)[C@@H](Br)C[C@H]2C1=O)c1ccc(OC(=O)c2ccco2)cc1. The van der Waals surface area contributed by atoms with Gasteiger partial charge in [0.25, 0.3) is 17.7 Å². The summed E-state index contributed by atoms with van der Waals surface area (Å²) in [6.45, 7) is -0.614. The van der Waals surface area contributed by atoms with E-state index in [0.29, 0.717) is 12.8 Å². The van der Waals surface area contributed by atoms with Gasteiger partial charge in [0.1, 0.15) is 12.3 Å². The molecule has 41 heavy (non-hydrogen) atoms. The number of ether oxygens (including phenoxy) is 1. The quantitative estimate of drug-likeness (QED) is 0.0970. The normalized spacial score (nSPS) is 21.9. The van der Waals surface area contributed by atoms with Gasteiger partial charge in [-0.05, 0) is 67.4 Å². The van der Waals surface area contributed by atoms with Crippen molar-refractivity contribution in [3.8, 4) is 5.75 Å². The Bertz CT molecular complexity index is 1500. The molecular weight excluding hydrogens is 707 g/mol. The van der Waals surface area contributed by atoms with Gasteiger partial charge < -0.3 is 9.15 Å². The minimum atomic E-state index is -0.771. The fraction of sp³-hybridized carbons (Fsp3) is 0.250. The van der Waals surface area contributed by atoms with E-state index in [2.05, 4.69) is 31.9 Å². The molecular formula is C28H20Br2Cl2N2O7. The van der Waals surface area contributed by atoms with E-state index in [1.807, 2.05) is 0 Å². The van der Waals surface area contributed by atoms with Gasteiger partial charge in [0, 0.05) is 20.8 Å². The predicted molar refractivity (Wildman–Crippen MR) is 155 cm³/mol. The molecule has 1 aromatic heterocycles. The highest BCUT2D eigenvalue weighted by molar-refractivity contribution is 9.12. The fourth-order valence-electron chi connectivity index (χ4n) is 4.82. The molecule has 0 radical (unpaired) electrons. The van der Waals surface area contributed by atoms with Crippen LogP contribution < -0.4 is 4.74 Å². The summed E-state index contributed by atoms with van der Waals surface area (Å²) in [5, 5.41) is 1.97. The molecule has 3 aromatic rings. The van der Waals surface area contributed by atoms with Gasteiger partial charge in [0.15, 0.2) is 5.78 Å². The number of fused-ring (bicyclic) bond motifs is 1. The number of hydrazine groups is 1. The zero-order valence-corrected chi connectivity index (χ0v) is 25.7. The van der Waals surface area contributed by atoms with Gasteiger partial charge in [0.2, 0.25) is 5.76 Å². The highest BCUT2D eigenvalue weighted by atomic mass is 79.9. The molecule has 0 N–H and O–H groups in total. The highest BCUT2D eigenvalue weighted by Gasteiger charge is 2.54. The second-order valence-corrected chi connectivity index (χ2v) is 12.7. The number of esters is 1. The van der Waals surface area contributed by atoms with Crippen LogP contribution >= 0.6 is 55.1 Å². The van der Waals surface area contributed by atoms with Crippen molar-refractivity contribution in [3.63, 3.8) is 0 Å². The van der Waals surface area contributed by atoms with E-state index in [-0.39, 0.29) is 42.3 Å². The first-order valence-electron chi connectivity index (χ1n) is 12.4. The van der Waals surface area contributed by atoms with Gasteiger partial charge in [-0.3, -0.25) is 19.2 Å². The summed E-state index contributed by atoms with van der Waals surface area (Å²) < 4.78 is 10.2. The smallest absolute Gasteiger partial charge is 0.379 e. The molecule has 3 amide bonds. The summed E-state index contributed by atoms with van der Waals surface area (Å²) in [7, 11) is 0. The Hall–Kier alpha value is -2.99. The number of nitrogens with zero attached hydrogens (tertiary/aromatic N) is 2. The van der Waals surface area contributed by atoms with E-state index in [0.717, 1.165) is 10.0 Å². The summed E-state index contributed by atoms with van der Waals surface area (Å²) >= 11 is 19.2. The van der Waals surface area contributed by atoms with Crippen LogP contribution in [0.15, 0.2) is 65.3 Å². The maximum atomic E-state index is 13.7. The Morgan fingerprint density at radius 1 is 0.902 bits per heavy atom. The van der Waals surface area contributed by atoms with Crippen LogP contribution in [0.1, 0.15) is 44.1 Å². The fourth-order valence-corrected chi connectivity index (χ4v) is 6.35. The van der Waals surface area contributed by atoms with Crippen LogP contribution in [0.2, 0.25) is 10.0 Å². The van der Waals surface area contributed by atoms with Crippen LogP contribution in [0.4, 0.5) is 0 Å². The zero-order valence-electron chi connectivity index (χ0n) is 21.0. The number of ketones is 1. The van der Waals surface area contributed by atoms with Crippen LogP contribution in [-0.4, -0.2) is 55.7 Å². The third kappa shape index (κ3) is 5.99. The number of Topliss-reactive ketones (excluding diaryl/α,β-unsaturated/α-hetero) is 1. The van der Waals surface area contributed by atoms with Gasteiger partial charge in [-0.15, -0.1) is 0 Å². The minimum Gasteiger partial charge on any atom is -0.457 e. The molecule has 212 valence electrons. The molecule has 0 spiro atoms. The largest absolute Gasteiger partial charge is 0.457 e.